The van der Waals surface area contributed by atoms with Crippen LogP contribution in [-0.4, -0.2) is 35.6 Å². The number of aromatic amines is 1. The summed E-state index contributed by atoms with van der Waals surface area (Å²) in [5.41, 5.74) is 2.75. The number of hydrogen-bond donors (Lipinski definition) is 1. The van der Waals surface area contributed by atoms with E-state index >= 15 is 0 Å². The lowest BCUT2D eigenvalue weighted by atomic mass is 10.1. The van der Waals surface area contributed by atoms with Crippen molar-refractivity contribution in [2.24, 2.45) is 0 Å². The number of ether oxygens (including phenoxy) is 2. The summed E-state index contributed by atoms with van der Waals surface area (Å²) in [6.07, 6.45) is 0.698. The summed E-state index contributed by atoms with van der Waals surface area (Å²) in [6, 6.07) is 9.82. The molecule has 0 radical (unpaired) electrons. The van der Waals surface area contributed by atoms with E-state index in [-0.39, 0.29) is 5.56 Å². The van der Waals surface area contributed by atoms with Gasteiger partial charge < -0.3 is 14.5 Å². The number of benzene rings is 1. The highest BCUT2D eigenvalue weighted by molar-refractivity contribution is 7.13. The smallest absolute Gasteiger partial charge is 0.254 e. The van der Waals surface area contributed by atoms with Crippen LogP contribution in [0.1, 0.15) is 16.8 Å². The Hall–Kier alpha value is -2.64. The number of nitrogens with zero attached hydrogens (tertiary/aromatic N) is 2. The van der Waals surface area contributed by atoms with E-state index in [0.29, 0.717) is 18.8 Å². The summed E-state index contributed by atoms with van der Waals surface area (Å²) in [6.45, 7) is 2.21. The van der Waals surface area contributed by atoms with Gasteiger partial charge in [0.2, 0.25) is 0 Å². The van der Waals surface area contributed by atoms with Crippen molar-refractivity contribution in [1.82, 2.24) is 14.9 Å². The Morgan fingerprint density at radius 1 is 1.22 bits per heavy atom. The highest BCUT2D eigenvalue weighted by atomic mass is 32.1. The number of rotatable bonds is 5. The molecule has 0 atom stereocenters. The zero-order valence-electron chi connectivity index (χ0n) is 15.3. The van der Waals surface area contributed by atoms with Gasteiger partial charge in [0.05, 0.1) is 24.8 Å². The zero-order chi connectivity index (χ0) is 18.8. The highest BCUT2D eigenvalue weighted by Crippen LogP contribution is 2.26. The third-order valence-electron chi connectivity index (χ3n) is 4.72. The van der Waals surface area contributed by atoms with Crippen molar-refractivity contribution in [3.8, 4) is 22.2 Å². The maximum atomic E-state index is 12.5. The molecule has 3 heterocycles. The van der Waals surface area contributed by atoms with Crippen molar-refractivity contribution < 1.29 is 9.47 Å². The average Bonchev–Trinajstić information content (AvgIpc) is 3.22. The van der Waals surface area contributed by atoms with Gasteiger partial charge in [-0.1, -0.05) is 6.07 Å². The fraction of sp³-hybridized carbons (Fsp3) is 0.300. The molecule has 1 N–H and O–H groups in total. The highest BCUT2D eigenvalue weighted by Gasteiger charge is 2.22. The Balaban J connectivity index is 1.59. The van der Waals surface area contributed by atoms with E-state index in [4.69, 9.17) is 14.5 Å². The first-order chi connectivity index (χ1) is 13.2. The molecule has 0 unspecified atom stereocenters. The molecular formula is C20H21N3O3S. The SMILES string of the molecule is COc1cc(CN2CCc3c(nc(-c4cccs4)[nH]c3=O)C2)cc(OC)c1. The molecule has 0 saturated carbocycles. The number of hydrogen-bond acceptors (Lipinski definition) is 6. The molecular weight excluding hydrogens is 362 g/mol. The predicted octanol–water partition coefficient (Wildman–Crippen LogP) is 3.07. The third-order valence-corrected chi connectivity index (χ3v) is 5.60. The van der Waals surface area contributed by atoms with E-state index in [0.717, 1.165) is 46.3 Å². The molecule has 0 spiro atoms. The lowest BCUT2D eigenvalue weighted by Crippen LogP contribution is -2.35. The van der Waals surface area contributed by atoms with Crippen molar-refractivity contribution in [2.45, 2.75) is 19.5 Å². The number of methoxy groups -OCH3 is 2. The van der Waals surface area contributed by atoms with Gasteiger partial charge in [0.25, 0.3) is 5.56 Å². The van der Waals surface area contributed by atoms with Gasteiger partial charge in [-0.3, -0.25) is 9.69 Å². The van der Waals surface area contributed by atoms with Gasteiger partial charge in [0.15, 0.2) is 5.82 Å². The normalized spacial score (nSPS) is 14.0. The number of H-pyrrole nitrogens is 1. The molecule has 6 nitrogen and oxygen atoms in total. The zero-order valence-corrected chi connectivity index (χ0v) is 16.1. The van der Waals surface area contributed by atoms with Gasteiger partial charge in [0.1, 0.15) is 11.5 Å². The molecule has 7 heteroatoms. The summed E-state index contributed by atoms with van der Waals surface area (Å²) >= 11 is 1.57. The molecule has 1 aliphatic rings. The molecule has 0 amide bonds. The summed E-state index contributed by atoms with van der Waals surface area (Å²) in [5, 5.41) is 1.98. The van der Waals surface area contributed by atoms with Gasteiger partial charge in [0, 0.05) is 31.3 Å². The first-order valence-electron chi connectivity index (χ1n) is 8.76. The van der Waals surface area contributed by atoms with Crippen LogP contribution in [0.3, 0.4) is 0 Å². The van der Waals surface area contributed by atoms with Crippen LogP contribution in [0.2, 0.25) is 0 Å². The quantitative estimate of drug-likeness (QED) is 0.733. The number of nitrogens with one attached hydrogen (secondary N) is 1. The summed E-state index contributed by atoms with van der Waals surface area (Å²) in [4.78, 5) is 23.4. The van der Waals surface area contributed by atoms with Crippen molar-refractivity contribution in [3.63, 3.8) is 0 Å². The first-order valence-corrected chi connectivity index (χ1v) is 9.64. The summed E-state index contributed by atoms with van der Waals surface area (Å²) < 4.78 is 10.7. The molecule has 140 valence electrons. The standard InChI is InChI=1S/C20H21N3O3S/c1-25-14-8-13(9-15(10-14)26-2)11-23-6-5-16-17(12-23)21-19(22-20(16)24)18-4-3-7-27-18/h3-4,7-10H,5-6,11-12H2,1-2H3,(H,21,22,24). The number of aromatic nitrogens is 2. The molecule has 4 rings (SSSR count). The minimum atomic E-state index is -0.0221. The van der Waals surface area contributed by atoms with Crippen molar-refractivity contribution in [2.75, 3.05) is 20.8 Å². The Morgan fingerprint density at radius 3 is 2.67 bits per heavy atom. The number of fused-ring (bicyclic) bond motifs is 1. The first kappa shape index (κ1) is 17.8. The second kappa shape index (κ2) is 7.54. The molecule has 3 aromatic rings. The monoisotopic (exact) mass is 383 g/mol. The molecule has 0 saturated heterocycles. The minimum absolute atomic E-state index is 0.0221. The van der Waals surface area contributed by atoms with E-state index in [9.17, 15) is 4.79 Å². The molecule has 0 fully saturated rings. The van der Waals surface area contributed by atoms with E-state index in [1.165, 1.54) is 0 Å². The van der Waals surface area contributed by atoms with Gasteiger partial charge in [-0.05, 0) is 35.6 Å². The molecule has 27 heavy (non-hydrogen) atoms. The van der Waals surface area contributed by atoms with Gasteiger partial charge in [-0.25, -0.2) is 4.98 Å². The topological polar surface area (TPSA) is 67.5 Å². The Kier molecular flexibility index (Phi) is 4.96. The van der Waals surface area contributed by atoms with Crippen LogP contribution in [-0.2, 0) is 19.5 Å². The fourth-order valence-electron chi connectivity index (χ4n) is 3.37. The molecule has 0 bridgehead atoms. The average molecular weight is 383 g/mol. The van der Waals surface area contributed by atoms with Crippen LogP contribution in [0, 0.1) is 0 Å². The van der Waals surface area contributed by atoms with Gasteiger partial charge in [-0.2, -0.15) is 0 Å². The molecule has 1 aliphatic heterocycles. The third kappa shape index (κ3) is 3.74. The van der Waals surface area contributed by atoms with E-state index in [1.807, 2.05) is 35.7 Å². The number of thiophene rings is 1. The maximum absolute atomic E-state index is 12.5. The van der Waals surface area contributed by atoms with Crippen LogP contribution < -0.4 is 15.0 Å². The Labute approximate surface area is 161 Å². The van der Waals surface area contributed by atoms with E-state index in [2.05, 4.69) is 9.88 Å². The van der Waals surface area contributed by atoms with Crippen LogP contribution in [0.5, 0.6) is 11.5 Å². The molecule has 2 aromatic heterocycles. The summed E-state index contributed by atoms with van der Waals surface area (Å²) in [7, 11) is 3.30. The van der Waals surface area contributed by atoms with Crippen molar-refractivity contribution in [3.05, 3.63) is 62.9 Å². The largest absolute Gasteiger partial charge is 0.497 e. The van der Waals surface area contributed by atoms with Crippen molar-refractivity contribution in [1.29, 1.82) is 0 Å². The second-order valence-corrected chi connectivity index (χ2v) is 7.45. The minimum Gasteiger partial charge on any atom is -0.497 e. The van der Waals surface area contributed by atoms with E-state index in [1.54, 1.807) is 25.6 Å². The molecule has 1 aromatic carbocycles. The predicted molar refractivity (Wildman–Crippen MR) is 106 cm³/mol. The summed E-state index contributed by atoms with van der Waals surface area (Å²) in [5.74, 6) is 2.20. The van der Waals surface area contributed by atoms with E-state index < -0.39 is 0 Å². The lowest BCUT2D eigenvalue weighted by molar-refractivity contribution is 0.240. The lowest BCUT2D eigenvalue weighted by Gasteiger charge is -2.28. The van der Waals surface area contributed by atoms with Crippen LogP contribution in [0.4, 0.5) is 0 Å². The fourth-order valence-corrected chi connectivity index (χ4v) is 4.04. The Morgan fingerprint density at radius 2 is 2.00 bits per heavy atom. The van der Waals surface area contributed by atoms with Crippen LogP contribution in [0.15, 0.2) is 40.5 Å². The van der Waals surface area contributed by atoms with Crippen LogP contribution in [0.25, 0.3) is 10.7 Å². The second-order valence-electron chi connectivity index (χ2n) is 6.50. The Bertz CT molecular complexity index is 976. The van der Waals surface area contributed by atoms with Gasteiger partial charge in [-0.15, -0.1) is 11.3 Å². The molecule has 0 aliphatic carbocycles. The van der Waals surface area contributed by atoms with Crippen LogP contribution >= 0.6 is 11.3 Å². The van der Waals surface area contributed by atoms with Crippen molar-refractivity contribution >= 4 is 11.3 Å². The maximum Gasteiger partial charge on any atom is 0.254 e. The van der Waals surface area contributed by atoms with Gasteiger partial charge >= 0.3 is 0 Å².